The van der Waals surface area contributed by atoms with E-state index < -0.39 is 5.54 Å². The third kappa shape index (κ3) is 3.06. The third-order valence-corrected chi connectivity index (χ3v) is 1.84. The zero-order valence-corrected chi connectivity index (χ0v) is 9.03. The predicted molar refractivity (Wildman–Crippen MR) is 56.1 cm³/mol. The minimum atomic E-state index is -0.860. The van der Waals surface area contributed by atoms with Crippen LogP contribution in [0.2, 0.25) is 0 Å². The highest BCUT2D eigenvalue weighted by molar-refractivity contribution is 5.94. The number of amides is 1. The Kier molecular flexibility index (Phi) is 3.05. The molecule has 1 aromatic rings. The highest BCUT2D eigenvalue weighted by atomic mass is 16.1. The molecular weight excluding hydrogens is 190 g/mol. The van der Waals surface area contributed by atoms with Gasteiger partial charge < -0.3 is 5.32 Å². The lowest BCUT2D eigenvalue weighted by atomic mass is 10.1. The molecule has 0 aromatic carbocycles. The number of hydrogen-bond donors (Lipinski definition) is 1. The first kappa shape index (κ1) is 11.2. The van der Waals surface area contributed by atoms with Gasteiger partial charge in [0.15, 0.2) is 0 Å². The standard InChI is InChI=1S/C11H13N3O/c1-8-4-9(6-13-5-8)10(15)14-11(2,3)7-12/h4-6H,1-3H3,(H,14,15). The van der Waals surface area contributed by atoms with Gasteiger partial charge in [-0.05, 0) is 32.4 Å². The summed E-state index contributed by atoms with van der Waals surface area (Å²) in [6, 6.07) is 3.74. The van der Waals surface area contributed by atoms with Crippen molar-refractivity contribution in [1.29, 1.82) is 5.26 Å². The second-order valence-electron chi connectivity index (χ2n) is 3.94. The molecule has 0 fully saturated rings. The van der Waals surface area contributed by atoms with Crippen molar-refractivity contribution in [2.75, 3.05) is 0 Å². The zero-order valence-electron chi connectivity index (χ0n) is 9.03. The summed E-state index contributed by atoms with van der Waals surface area (Å²) < 4.78 is 0. The van der Waals surface area contributed by atoms with Gasteiger partial charge >= 0.3 is 0 Å². The monoisotopic (exact) mass is 203 g/mol. The number of rotatable bonds is 2. The van der Waals surface area contributed by atoms with E-state index in [1.54, 1.807) is 26.1 Å². The highest BCUT2D eigenvalue weighted by Crippen LogP contribution is 2.05. The Hall–Kier alpha value is -1.89. The van der Waals surface area contributed by atoms with Crippen LogP contribution in [-0.2, 0) is 0 Å². The minimum Gasteiger partial charge on any atom is -0.334 e. The summed E-state index contributed by atoms with van der Waals surface area (Å²) in [5, 5.41) is 11.4. The summed E-state index contributed by atoms with van der Waals surface area (Å²) in [7, 11) is 0. The highest BCUT2D eigenvalue weighted by Gasteiger charge is 2.20. The number of hydrogen-bond acceptors (Lipinski definition) is 3. The van der Waals surface area contributed by atoms with E-state index in [9.17, 15) is 4.79 Å². The van der Waals surface area contributed by atoms with Crippen molar-refractivity contribution >= 4 is 5.91 Å². The van der Waals surface area contributed by atoms with Crippen LogP contribution < -0.4 is 5.32 Å². The average Bonchev–Trinajstić information content (AvgIpc) is 2.17. The van der Waals surface area contributed by atoms with Gasteiger partial charge in [-0.3, -0.25) is 9.78 Å². The van der Waals surface area contributed by atoms with Crippen LogP contribution in [0.5, 0.6) is 0 Å². The van der Waals surface area contributed by atoms with Crippen LogP contribution in [0.3, 0.4) is 0 Å². The first-order valence-corrected chi connectivity index (χ1v) is 4.60. The van der Waals surface area contributed by atoms with Crippen molar-refractivity contribution in [3.8, 4) is 6.07 Å². The molecule has 4 nitrogen and oxygen atoms in total. The molecule has 0 aliphatic heterocycles. The Labute approximate surface area is 88.9 Å². The molecule has 1 aromatic heterocycles. The van der Waals surface area contributed by atoms with E-state index in [1.807, 2.05) is 13.0 Å². The largest absolute Gasteiger partial charge is 0.334 e. The number of nitriles is 1. The number of nitrogens with zero attached hydrogens (tertiary/aromatic N) is 2. The summed E-state index contributed by atoms with van der Waals surface area (Å²) in [4.78, 5) is 15.6. The Bertz CT molecular complexity index is 418. The van der Waals surface area contributed by atoms with E-state index in [4.69, 9.17) is 5.26 Å². The van der Waals surface area contributed by atoms with Crippen LogP contribution >= 0.6 is 0 Å². The van der Waals surface area contributed by atoms with E-state index in [1.165, 1.54) is 6.20 Å². The number of carbonyl (C=O) groups is 1. The molecule has 1 rings (SSSR count). The van der Waals surface area contributed by atoms with Crippen molar-refractivity contribution < 1.29 is 4.79 Å². The molecule has 0 saturated carbocycles. The number of aryl methyl sites for hydroxylation is 1. The van der Waals surface area contributed by atoms with Crippen LogP contribution in [0, 0.1) is 18.3 Å². The van der Waals surface area contributed by atoms with Gasteiger partial charge in [0.2, 0.25) is 0 Å². The first-order chi connectivity index (χ1) is 6.94. The number of carbonyl (C=O) groups excluding carboxylic acids is 1. The van der Waals surface area contributed by atoms with Crippen LogP contribution in [-0.4, -0.2) is 16.4 Å². The second kappa shape index (κ2) is 4.09. The maximum atomic E-state index is 11.7. The molecule has 0 radical (unpaired) electrons. The van der Waals surface area contributed by atoms with Crippen molar-refractivity contribution in [2.45, 2.75) is 26.3 Å². The van der Waals surface area contributed by atoms with Crippen molar-refractivity contribution in [3.05, 3.63) is 29.6 Å². The third-order valence-electron chi connectivity index (χ3n) is 1.84. The second-order valence-corrected chi connectivity index (χ2v) is 3.94. The Morgan fingerprint density at radius 1 is 1.53 bits per heavy atom. The molecule has 0 unspecified atom stereocenters. The Morgan fingerprint density at radius 3 is 2.73 bits per heavy atom. The summed E-state index contributed by atoms with van der Waals surface area (Å²) in [6.07, 6.45) is 3.15. The zero-order chi connectivity index (χ0) is 11.5. The van der Waals surface area contributed by atoms with Gasteiger partial charge in [0.25, 0.3) is 5.91 Å². The normalized spacial score (nSPS) is 10.5. The molecule has 0 aliphatic carbocycles. The fourth-order valence-corrected chi connectivity index (χ4v) is 1.06. The van der Waals surface area contributed by atoms with Gasteiger partial charge in [-0.1, -0.05) is 0 Å². The van der Waals surface area contributed by atoms with E-state index >= 15 is 0 Å². The maximum Gasteiger partial charge on any atom is 0.254 e. The molecule has 0 saturated heterocycles. The summed E-state index contributed by atoms with van der Waals surface area (Å²) in [5.41, 5.74) is 0.525. The molecular formula is C11H13N3O. The Morgan fingerprint density at radius 2 is 2.20 bits per heavy atom. The van der Waals surface area contributed by atoms with E-state index in [-0.39, 0.29) is 5.91 Å². The molecule has 1 heterocycles. The lowest BCUT2D eigenvalue weighted by molar-refractivity contribution is 0.0929. The fourth-order valence-electron chi connectivity index (χ4n) is 1.06. The molecule has 78 valence electrons. The van der Waals surface area contributed by atoms with E-state index in [0.717, 1.165) is 5.56 Å². The smallest absolute Gasteiger partial charge is 0.254 e. The van der Waals surface area contributed by atoms with Crippen molar-refractivity contribution in [3.63, 3.8) is 0 Å². The molecule has 0 spiro atoms. The molecule has 0 aliphatic rings. The van der Waals surface area contributed by atoms with Crippen molar-refractivity contribution in [1.82, 2.24) is 10.3 Å². The van der Waals surface area contributed by atoms with Crippen LogP contribution in [0.4, 0.5) is 0 Å². The van der Waals surface area contributed by atoms with Gasteiger partial charge in [-0.25, -0.2) is 0 Å². The van der Waals surface area contributed by atoms with Gasteiger partial charge in [-0.2, -0.15) is 5.26 Å². The number of pyridine rings is 1. The van der Waals surface area contributed by atoms with Crippen molar-refractivity contribution in [2.24, 2.45) is 0 Å². The van der Waals surface area contributed by atoms with Gasteiger partial charge in [0, 0.05) is 12.4 Å². The lowest BCUT2D eigenvalue weighted by Gasteiger charge is -2.17. The average molecular weight is 203 g/mol. The molecule has 1 amide bonds. The minimum absolute atomic E-state index is 0.280. The summed E-state index contributed by atoms with van der Waals surface area (Å²) in [6.45, 7) is 5.15. The quantitative estimate of drug-likeness (QED) is 0.790. The molecule has 0 bridgehead atoms. The van der Waals surface area contributed by atoms with Crippen LogP contribution in [0.1, 0.15) is 29.8 Å². The van der Waals surface area contributed by atoms with Crippen LogP contribution in [0.25, 0.3) is 0 Å². The molecule has 0 atom stereocenters. The first-order valence-electron chi connectivity index (χ1n) is 4.60. The SMILES string of the molecule is Cc1cncc(C(=O)NC(C)(C)C#N)c1. The summed E-state index contributed by atoms with van der Waals surface area (Å²) >= 11 is 0. The fraction of sp³-hybridized carbons (Fsp3) is 0.364. The molecule has 1 N–H and O–H groups in total. The van der Waals surface area contributed by atoms with Gasteiger partial charge in [0.05, 0.1) is 11.6 Å². The summed E-state index contributed by atoms with van der Waals surface area (Å²) in [5.74, 6) is -0.280. The Balaban J connectivity index is 2.84. The van der Waals surface area contributed by atoms with Gasteiger partial charge in [-0.15, -0.1) is 0 Å². The number of aromatic nitrogens is 1. The molecule has 4 heteroatoms. The predicted octanol–water partition coefficient (Wildman–Crippen LogP) is 1.42. The van der Waals surface area contributed by atoms with Gasteiger partial charge in [0.1, 0.15) is 5.54 Å². The van der Waals surface area contributed by atoms with E-state index in [0.29, 0.717) is 5.56 Å². The topological polar surface area (TPSA) is 65.8 Å². The number of nitrogens with one attached hydrogen (secondary N) is 1. The maximum absolute atomic E-state index is 11.7. The molecule has 15 heavy (non-hydrogen) atoms. The van der Waals surface area contributed by atoms with Crippen LogP contribution in [0.15, 0.2) is 18.5 Å². The van der Waals surface area contributed by atoms with E-state index in [2.05, 4.69) is 10.3 Å². The lowest BCUT2D eigenvalue weighted by Crippen LogP contribution is -2.42.